The number of hydrogen-bond donors (Lipinski definition) is 1. The van der Waals surface area contributed by atoms with E-state index in [1.54, 1.807) is 30.4 Å². The summed E-state index contributed by atoms with van der Waals surface area (Å²) in [5.41, 5.74) is 0.898. The monoisotopic (exact) mass is 427 g/mol. The summed E-state index contributed by atoms with van der Waals surface area (Å²) >= 11 is 5.74. The topological polar surface area (TPSA) is 71.4 Å². The predicted octanol–water partition coefficient (Wildman–Crippen LogP) is 3.86. The van der Waals surface area contributed by atoms with Crippen LogP contribution in [-0.2, 0) is 17.1 Å². The fourth-order valence-corrected chi connectivity index (χ4v) is 5.27. The smallest absolute Gasteiger partial charge is 0.264 e. The Labute approximate surface area is 169 Å². The molecule has 0 bridgehead atoms. The van der Waals surface area contributed by atoms with Gasteiger partial charge in [0, 0.05) is 36.5 Å². The average Bonchev–Trinajstić information content (AvgIpc) is 2.89. The van der Waals surface area contributed by atoms with E-state index in [9.17, 15) is 17.6 Å². The van der Waals surface area contributed by atoms with Gasteiger partial charge in [0.2, 0.25) is 0 Å². The van der Waals surface area contributed by atoms with Crippen LogP contribution in [0.3, 0.4) is 0 Å². The fourth-order valence-electron chi connectivity index (χ4n) is 3.52. The molecule has 1 aliphatic heterocycles. The van der Waals surface area contributed by atoms with Crippen LogP contribution < -0.4 is 4.72 Å². The standard InChI is InChI=1S/C19H23ClFN3O3S/c1-12-17(19(25)24-9-5-4-6-10-24)18(13(2)23(12)3)28(26,27)22-16-8-7-14(20)11-15(16)21/h7-8,11,22H,4-6,9-10H2,1-3H3. The molecule has 0 saturated carbocycles. The number of carbonyl (C=O) groups is 1. The first-order valence-electron chi connectivity index (χ1n) is 9.06. The summed E-state index contributed by atoms with van der Waals surface area (Å²) in [6.45, 7) is 4.55. The van der Waals surface area contributed by atoms with Gasteiger partial charge >= 0.3 is 0 Å². The van der Waals surface area contributed by atoms with E-state index in [0.717, 1.165) is 25.3 Å². The third kappa shape index (κ3) is 3.75. The largest absolute Gasteiger partial charge is 0.350 e. The lowest BCUT2D eigenvalue weighted by Gasteiger charge is -2.27. The van der Waals surface area contributed by atoms with Gasteiger partial charge in [-0.05, 0) is 51.3 Å². The van der Waals surface area contributed by atoms with Gasteiger partial charge in [0.1, 0.15) is 10.7 Å². The zero-order valence-electron chi connectivity index (χ0n) is 16.1. The number of carbonyl (C=O) groups excluding carboxylic acids is 1. The summed E-state index contributed by atoms with van der Waals surface area (Å²) < 4.78 is 44.4. The lowest BCUT2D eigenvalue weighted by molar-refractivity contribution is 0.0720. The molecule has 1 aliphatic rings. The Hall–Kier alpha value is -2.06. The summed E-state index contributed by atoms with van der Waals surface area (Å²) in [5.74, 6) is -1.09. The summed E-state index contributed by atoms with van der Waals surface area (Å²) in [4.78, 5) is 14.7. The first-order chi connectivity index (χ1) is 13.1. The number of amides is 1. The third-order valence-electron chi connectivity index (χ3n) is 5.23. The maximum Gasteiger partial charge on any atom is 0.264 e. The zero-order chi connectivity index (χ0) is 20.6. The number of benzene rings is 1. The van der Waals surface area contributed by atoms with E-state index in [1.165, 1.54) is 12.1 Å². The second kappa shape index (κ2) is 7.75. The summed E-state index contributed by atoms with van der Waals surface area (Å²) in [5, 5.41) is 0.160. The van der Waals surface area contributed by atoms with Crippen LogP contribution in [0.25, 0.3) is 0 Å². The van der Waals surface area contributed by atoms with Gasteiger partial charge in [0.05, 0.1) is 11.3 Å². The Balaban J connectivity index is 2.07. The highest BCUT2D eigenvalue weighted by Gasteiger charge is 2.33. The molecule has 1 fully saturated rings. The molecule has 1 aromatic heterocycles. The van der Waals surface area contributed by atoms with E-state index >= 15 is 0 Å². The predicted molar refractivity (Wildman–Crippen MR) is 107 cm³/mol. The Morgan fingerprint density at radius 1 is 1.14 bits per heavy atom. The molecule has 0 unspecified atom stereocenters. The molecule has 2 heterocycles. The Morgan fingerprint density at radius 2 is 1.79 bits per heavy atom. The van der Waals surface area contributed by atoms with Gasteiger partial charge in [-0.2, -0.15) is 0 Å². The van der Waals surface area contributed by atoms with Crippen molar-refractivity contribution < 1.29 is 17.6 Å². The number of nitrogens with one attached hydrogen (secondary N) is 1. The number of aromatic nitrogens is 1. The maximum atomic E-state index is 14.1. The number of hydrogen-bond acceptors (Lipinski definition) is 3. The molecule has 9 heteroatoms. The van der Waals surface area contributed by atoms with Gasteiger partial charge in [-0.25, -0.2) is 12.8 Å². The SMILES string of the molecule is Cc1c(C(=O)N2CCCCC2)c(S(=O)(=O)Nc2ccc(Cl)cc2F)c(C)n1C. The van der Waals surface area contributed by atoms with Crippen molar-refractivity contribution in [2.24, 2.45) is 7.05 Å². The normalized spacial score (nSPS) is 15.0. The molecule has 1 saturated heterocycles. The minimum absolute atomic E-state index is 0.113. The Kier molecular flexibility index (Phi) is 5.72. The quantitative estimate of drug-likeness (QED) is 0.805. The maximum absolute atomic E-state index is 14.1. The molecule has 0 radical (unpaired) electrons. The van der Waals surface area contributed by atoms with Crippen molar-refractivity contribution in [3.63, 3.8) is 0 Å². The molecule has 28 heavy (non-hydrogen) atoms. The molecule has 6 nitrogen and oxygen atoms in total. The lowest BCUT2D eigenvalue weighted by atomic mass is 10.1. The molecule has 0 spiro atoms. The molecule has 1 amide bonds. The molecule has 0 atom stereocenters. The number of halogens is 2. The van der Waals surface area contributed by atoms with Crippen LogP contribution in [0.2, 0.25) is 5.02 Å². The van der Waals surface area contributed by atoms with Crippen LogP contribution in [0, 0.1) is 19.7 Å². The van der Waals surface area contributed by atoms with Crippen molar-refractivity contribution in [2.75, 3.05) is 17.8 Å². The molecule has 1 aromatic carbocycles. The van der Waals surface area contributed by atoms with Crippen LogP contribution in [-0.4, -0.2) is 36.9 Å². The van der Waals surface area contributed by atoms with Gasteiger partial charge in [0.15, 0.2) is 0 Å². The number of anilines is 1. The first-order valence-corrected chi connectivity index (χ1v) is 10.9. The summed E-state index contributed by atoms with van der Waals surface area (Å²) in [6, 6.07) is 3.68. The number of nitrogens with zero attached hydrogens (tertiary/aromatic N) is 2. The first kappa shape index (κ1) is 20.7. The molecular formula is C19H23ClFN3O3S. The van der Waals surface area contributed by atoms with Crippen molar-refractivity contribution in [1.29, 1.82) is 0 Å². The van der Waals surface area contributed by atoms with Crippen LogP contribution in [0.1, 0.15) is 41.0 Å². The highest BCUT2D eigenvalue weighted by molar-refractivity contribution is 7.92. The van der Waals surface area contributed by atoms with E-state index in [2.05, 4.69) is 4.72 Å². The van der Waals surface area contributed by atoms with Crippen LogP contribution in [0.4, 0.5) is 10.1 Å². The van der Waals surface area contributed by atoms with Crippen molar-refractivity contribution in [3.8, 4) is 0 Å². The van der Waals surface area contributed by atoms with Crippen molar-refractivity contribution in [3.05, 3.63) is 46.0 Å². The fraction of sp³-hybridized carbons (Fsp3) is 0.421. The lowest BCUT2D eigenvalue weighted by Crippen LogP contribution is -2.36. The van der Waals surface area contributed by atoms with Gasteiger partial charge in [0.25, 0.3) is 15.9 Å². The Morgan fingerprint density at radius 3 is 2.39 bits per heavy atom. The highest BCUT2D eigenvalue weighted by Crippen LogP contribution is 2.31. The van der Waals surface area contributed by atoms with Crippen molar-refractivity contribution in [1.82, 2.24) is 9.47 Å². The molecular weight excluding hydrogens is 405 g/mol. The van der Waals surface area contributed by atoms with E-state index in [1.807, 2.05) is 0 Å². The van der Waals surface area contributed by atoms with Crippen molar-refractivity contribution >= 4 is 33.2 Å². The summed E-state index contributed by atoms with van der Waals surface area (Å²) in [6.07, 6.45) is 2.85. The molecule has 1 N–H and O–H groups in total. The van der Waals surface area contributed by atoms with E-state index < -0.39 is 15.8 Å². The number of rotatable bonds is 4. The molecule has 2 aromatic rings. The van der Waals surface area contributed by atoms with E-state index in [-0.39, 0.29) is 27.1 Å². The molecule has 0 aliphatic carbocycles. The highest BCUT2D eigenvalue weighted by atomic mass is 35.5. The minimum atomic E-state index is -4.20. The van der Waals surface area contributed by atoms with Crippen LogP contribution in [0.5, 0.6) is 0 Å². The Bertz CT molecular complexity index is 1030. The van der Waals surface area contributed by atoms with Gasteiger partial charge in [-0.15, -0.1) is 0 Å². The van der Waals surface area contributed by atoms with Crippen molar-refractivity contribution in [2.45, 2.75) is 38.0 Å². The number of piperidine rings is 1. The second-order valence-corrected chi connectivity index (χ2v) is 9.07. The molecule has 152 valence electrons. The van der Waals surface area contributed by atoms with Crippen LogP contribution in [0.15, 0.2) is 23.1 Å². The molecule has 3 rings (SSSR count). The minimum Gasteiger partial charge on any atom is -0.350 e. The summed E-state index contributed by atoms with van der Waals surface area (Å²) in [7, 11) is -2.49. The zero-order valence-corrected chi connectivity index (χ0v) is 17.6. The van der Waals surface area contributed by atoms with E-state index in [4.69, 9.17) is 11.6 Å². The third-order valence-corrected chi connectivity index (χ3v) is 6.99. The number of sulfonamides is 1. The number of likely N-dealkylation sites (tertiary alicyclic amines) is 1. The van der Waals surface area contributed by atoms with Gasteiger partial charge < -0.3 is 9.47 Å². The van der Waals surface area contributed by atoms with Gasteiger partial charge in [-0.3, -0.25) is 9.52 Å². The average molecular weight is 428 g/mol. The van der Waals surface area contributed by atoms with E-state index in [0.29, 0.717) is 24.5 Å². The second-order valence-electron chi connectivity index (χ2n) is 7.02. The van der Waals surface area contributed by atoms with Gasteiger partial charge in [-0.1, -0.05) is 11.6 Å². The van der Waals surface area contributed by atoms with Crippen LogP contribution >= 0.6 is 11.6 Å².